The molecule has 3 rings (SSSR count). The van der Waals surface area contributed by atoms with Gasteiger partial charge in [-0.1, -0.05) is 18.2 Å². The van der Waals surface area contributed by atoms with Gasteiger partial charge < -0.3 is 10.4 Å². The van der Waals surface area contributed by atoms with Gasteiger partial charge in [-0.15, -0.1) is 0 Å². The summed E-state index contributed by atoms with van der Waals surface area (Å²) in [6.07, 6.45) is -2.74. The number of aliphatic carboxylic acids is 1. The number of alkyl halides is 3. The normalized spacial score (nSPS) is 19.5. The number of hydrogen-bond acceptors (Lipinski definition) is 3. The number of nitrogens with one attached hydrogen (secondary N) is 1. The Hall–Kier alpha value is -2.84. The average Bonchev–Trinajstić information content (AvgIpc) is 3.22. The van der Waals surface area contributed by atoms with Crippen LogP contribution in [-0.2, 0) is 22.3 Å². The Labute approximate surface area is 140 Å². The molecule has 2 N–H and O–H groups in total. The molecule has 2 aromatic rings. The van der Waals surface area contributed by atoms with E-state index in [2.05, 4.69) is 10.4 Å². The van der Waals surface area contributed by atoms with Crippen molar-refractivity contribution < 1.29 is 27.9 Å². The fourth-order valence-corrected chi connectivity index (χ4v) is 2.78. The molecule has 1 aromatic carbocycles. The second-order valence-corrected chi connectivity index (χ2v) is 5.82. The van der Waals surface area contributed by atoms with Crippen LogP contribution in [0.2, 0.25) is 0 Å². The number of nitrogens with zero attached hydrogens (tertiary/aromatic N) is 2. The van der Waals surface area contributed by atoms with Crippen molar-refractivity contribution in [1.29, 1.82) is 0 Å². The van der Waals surface area contributed by atoms with E-state index in [1.165, 1.54) is 30.5 Å². The summed E-state index contributed by atoms with van der Waals surface area (Å²) in [7, 11) is 0. The Morgan fingerprint density at radius 1 is 1.28 bits per heavy atom. The molecule has 1 aromatic heterocycles. The third kappa shape index (κ3) is 3.81. The molecule has 25 heavy (non-hydrogen) atoms. The fourth-order valence-electron chi connectivity index (χ4n) is 2.78. The largest absolute Gasteiger partial charge is 0.480 e. The summed E-state index contributed by atoms with van der Waals surface area (Å²) in [5.74, 6) is -2.39. The molecular formula is C16H14F3N3O3. The lowest BCUT2D eigenvalue weighted by atomic mass is 10.0. The lowest BCUT2D eigenvalue weighted by Crippen LogP contribution is -2.16. The second kappa shape index (κ2) is 6.23. The number of aromatic nitrogens is 2. The van der Waals surface area contributed by atoms with Gasteiger partial charge in [-0.2, -0.15) is 18.3 Å². The molecule has 0 saturated heterocycles. The molecule has 0 aliphatic heterocycles. The highest BCUT2D eigenvalue weighted by Crippen LogP contribution is 2.51. The van der Waals surface area contributed by atoms with Gasteiger partial charge in [0.05, 0.1) is 5.56 Å². The number of amides is 1. The summed E-state index contributed by atoms with van der Waals surface area (Å²) in [4.78, 5) is 22.8. The molecule has 1 aliphatic rings. The van der Waals surface area contributed by atoms with Crippen molar-refractivity contribution >= 4 is 17.7 Å². The van der Waals surface area contributed by atoms with Crippen molar-refractivity contribution in [3.05, 3.63) is 47.7 Å². The molecule has 1 heterocycles. The molecule has 0 unspecified atom stereocenters. The van der Waals surface area contributed by atoms with Crippen LogP contribution in [0.1, 0.15) is 23.5 Å². The van der Waals surface area contributed by atoms with Gasteiger partial charge >= 0.3 is 12.1 Å². The van der Waals surface area contributed by atoms with E-state index in [1.807, 2.05) is 0 Å². The van der Waals surface area contributed by atoms with Gasteiger partial charge in [-0.3, -0.25) is 14.3 Å². The Kier molecular flexibility index (Phi) is 4.23. The van der Waals surface area contributed by atoms with Gasteiger partial charge in [0.25, 0.3) is 0 Å². The van der Waals surface area contributed by atoms with Gasteiger partial charge in [0, 0.05) is 18.2 Å². The van der Waals surface area contributed by atoms with Gasteiger partial charge in [0.15, 0.2) is 5.82 Å². The number of carboxylic acids is 1. The first-order valence-corrected chi connectivity index (χ1v) is 7.48. The first kappa shape index (κ1) is 17.0. The number of halogens is 3. The van der Waals surface area contributed by atoms with Gasteiger partial charge in [0.1, 0.15) is 6.54 Å². The van der Waals surface area contributed by atoms with Gasteiger partial charge in [-0.05, 0) is 24.0 Å². The molecule has 0 radical (unpaired) electrons. The molecule has 1 saturated carbocycles. The molecular weight excluding hydrogens is 339 g/mol. The van der Waals surface area contributed by atoms with Gasteiger partial charge in [0.2, 0.25) is 5.91 Å². The summed E-state index contributed by atoms with van der Waals surface area (Å²) in [6.45, 7) is -0.346. The van der Waals surface area contributed by atoms with Crippen molar-refractivity contribution in [3.8, 4) is 0 Å². The van der Waals surface area contributed by atoms with E-state index in [-0.39, 0.29) is 17.9 Å². The topological polar surface area (TPSA) is 84.2 Å². The van der Waals surface area contributed by atoms with Crippen LogP contribution in [0.4, 0.5) is 19.0 Å². The summed E-state index contributed by atoms with van der Waals surface area (Å²) in [5.41, 5.74) is -0.604. The monoisotopic (exact) mass is 353 g/mol. The number of carboxylic acid groups (broad SMARTS) is 1. The Morgan fingerprint density at radius 2 is 2.00 bits per heavy atom. The van der Waals surface area contributed by atoms with Crippen molar-refractivity contribution in [2.45, 2.75) is 25.1 Å². The van der Waals surface area contributed by atoms with Crippen LogP contribution in [0.3, 0.4) is 0 Å². The van der Waals surface area contributed by atoms with E-state index < -0.39 is 35.5 Å². The van der Waals surface area contributed by atoms with E-state index in [0.717, 1.165) is 10.7 Å². The van der Waals surface area contributed by atoms with E-state index in [0.29, 0.717) is 6.42 Å². The summed E-state index contributed by atoms with van der Waals surface area (Å²) < 4.78 is 40.3. The van der Waals surface area contributed by atoms with Crippen LogP contribution >= 0.6 is 0 Å². The SMILES string of the molecule is O=C(O)Cn1ccc(NC(=O)[C@@H]2C[C@H]2c2ccccc2C(F)(F)F)n1. The van der Waals surface area contributed by atoms with Crippen molar-refractivity contribution in [2.75, 3.05) is 5.32 Å². The number of carbonyl (C=O) groups is 2. The van der Waals surface area contributed by atoms with Crippen LogP contribution in [0.25, 0.3) is 0 Å². The Morgan fingerprint density at radius 3 is 2.68 bits per heavy atom. The first-order valence-electron chi connectivity index (χ1n) is 7.48. The van der Waals surface area contributed by atoms with Crippen LogP contribution in [-0.4, -0.2) is 26.8 Å². The second-order valence-electron chi connectivity index (χ2n) is 5.82. The molecule has 132 valence electrons. The number of anilines is 1. The van der Waals surface area contributed by atoms with Crippen molar-refractivity contribution in [1.82, 2.24) is 9.78 Å². The summed E-state index contributed by atoms with van der Waals surface area (Å²) in [6, 6.07) is 6.67. The molecule has 0 spiro atoms. The number of rotatable bonds is 5. The maximum atomic E-state index is 13.1. The zero-order chi connectivity index (χ0) is 18.2. The van der Waals surface area contributed by atoms with E-state index in [1.54, 1.807) is 0 Å². The predicted octanol–water partition coefficient (Wildman–Crippen LogP) is 2.73. The lowest BCUT2D eigenvalue weighted by Gasteiger charge is -2.12. The Bertz CT molecular complexity index is 816. The minimum absolute atomic E-state index is 0.117. The third-order valence-corrected chi connectivity index (χ3v) is 3.98. The van der Waals surface area contributed by atoms with Crippen molar-refractivity contribution in [2.24, 2.45) is 5.92 Å². The smallest absolute Gasteiger partial charge is 0.416 e. The van der Waals surface area contributed by atoms with Crippen LogP contribution in [0.5, 0.6) is 0 Å². The van der Waals surface area contributed by atoms with Crippen LogP contribution < -0.4 is 5.32 Å². The molecule has 2 atom stereocenters. The Balaban J connectivity index is 1.67. The van der Waals surface area contributed by atoms with E-state index in [4.69, 9.17) is 5.11 Å². The zero-order valence-electron chi connectivity index (χ0n) is 12.8. The standard InChI is InChI=1S/C16H14F3N3O3/c17-16(18,19)12-4-2-1-3-9(12)10-7-11(10)15(25)20-13-5-6-22(21-13)8-14(23)24/h1-6,10-11H,7-8H2,(H,23,24)(H,20,21,25)/t10-,11+/m0/s1. The molecule has 1 amide bonds. The maximum absolute atomic E-state index is 13.1. The van der Waals surface area contributed by atoms with E-state index in [9.17, 15) is 22.8 Å². The molecule has 1 aliphatic carbocycles. The minimum atomic E-state index is -4.46. The highest BCUT2D eigenvalue weighted by atomic mass is 19.4. The first-order chi connectivity index (χ1) is 11.8. The molecule has 1 fully saturated rings. The molecule has 9 heteroatoms. The zero-order valence-corrected chi connectivity index (χ0v) is 12.8. The minimum Gasteiger partial charge on any atom is -0.480 e. The number of carbonyl (C=O) groups excluding carboxylic acids is 1. The van der Waals surface area contributed by atoms with Gasteiger partial charge in [-0.25, -0.2) is 0 Å². The highest BCUT2D eigenvalue weighted by Gasteiger charge is 2.47. The lowest BCUT2D eigenvalue weighted by molar-refractivity contribution is -0.139. The van der Waals surface area contributed by atoms with Crippen LogP contribution in [0.15, 0.2) is 36.5 Å². The highest BCUT2D eigenvalue weighted by molar-refractivity contribution is 5.94. The maximum Gasteiger partial charge on any atom is 0.416 e. The summed E-state index contributed by atoms with van der Waals surface area (Å²) >= 11 is 0. The summed E-state index contributed by atoms with van der Waals surface area (Å²) in [5, 5.41) is 15.1. The predicted molar refractivity (Wildman–Crippen MR) is 80.8 cm³/mol. The van der Waals surface area contributed by atoms with Crippen molar-refractivity contribution in [3.63, 3.8) is 0 Å². The average molecular weight is 353 g/mol. The third-order valence-electron chi connectivity index (χ3n) is 3.98. The molecule has 0 bridgehead atoms. The quantitative estimate of drug-likeness (QED) is 0.866. The number of benzene rings is 1. The van der Waals surface area contributed by atoms with Crippen LogP contribution in [0, 0.1) is 5.92 Å². The fraction of sp³-hybridized carbons (Fsp3) is 0.312. The van der Waals surface area contributed by atoms with E-state index >= 15 is 0 Å². The number of hydrogen-bond donors (Lipinski definition) is 2. The molecule has 6 nitrogen and oxygen atoms in total.